The third-order valence-corrected chi connectivity index (χ3v) is 8.68. The van der Waals surface area contributed by atoms with Crippen LogP contribution in [0.4, 0.5) is 0 Å². The Kier molecular flexibility index (Phi) is 6.33. The van der Waals surface area contributed by atoms with Crippen LogP contribution in [0.5, 0.6) is 11.5 Å². The van der Waals surface area contributed by atoms with Gasteiger partial charge < -0.3 is 19.2 Å². The van der Waals surface area contributed by atoms with Gasteiger partial charge in [-0.1, -0.05) is 17.7 Å². The van der Waals surface area contributed by atoms with E-state index in [2.05, 4.69) is 4.98 Å². The highest BCUT2D eigenvalue weighted by Crippen LogP contribution is 2.34. The van der Waals surface area contributed by atoms with Crippen LogP contribution in [0.15, 0.2) is 40.0 Å². The Morgan fingerprint density at radius 3 is 2.31 bits per heavy atom. The zero-order valence-electron chi connectivity index (χ0n) is 20.2. The van der Waals surface area contributed by atoms with E-state index in [0.717, 1.165) is 23.8 Å². The van der Waals surface area contributed by atoms with Gasteiger partial charge in [-0.2, -0.15) is 4.31 Å². The molecule has 2 aromatic carbocycles. The van der Waals surface area contributed by atoms with Crippen molar-refractivity contribution in [3.63, 3.8) is 0 Å². The molecular formula is C26H30N2O6S. The number of ether oxygens (including phenoxy) is 3. The summed E-state index contributed by atoms with van der Waals surface area (Å²) in [4.78, 5) is 16.2. The molecule has 0 radical (unpaired) electrons. The van der Waals surface area contributed by atoms with E-state index in [1.165, 1.54) is 4.31 Å². The molecule has 9 heteroatoms. The normalized spacial score (nSPS) is 17.9. The van der Waals surface area contributed by atoms with Crippen LogP contribution in [0.3, 0.4) is 0 Å². The summed E-state index contributed by atoms with van der Waals surface area (Å²) in [6.45, 7) is 7.22. The SMILES string of the molecule is Cc1cc(C)c(S(=O)(=O)N(Cc2cc3cc4c(cc3[nH]c2=O)OCCO4)CC2CCCO2)c(C)c1. The van der Waals surface area contributed by atoms with Gasteiger partial charge in [0.2, 0.25) is 10.0 Å². The minimum atomic E-state index is -3.89. The van der Waals surface area contributed by atoms with Crippen molar-refractivity contribution in [2.24, 2.45) is 0 Å². The average Bonchev–Trinajstić information content (AvgIpc) is 3.30. The number of pyridine rings is 1. The van der Waals surface area contributed by atoms with E-state index in [1.54, 1.807) is 12.1 Å². The molecule has 1 atom stereocenters. The lowest BCUT2D eigenvalue weighted by atomic mass is 10.1. The number of fused-ring (bicyclic) bond motifs is 2. The van der Waals surface area contributed by atoms with Crippen molar-refractivity contribution in [1.82, 2.24) is 9.29 Å². The smallest absolute Gasteiger partial charge is 0.252 e. The summed E-state index contributed by atoms with van der Waals surface area (Å²) in [6.07, 6.45) is 1.48. The third kappa shape index (κ3) is 4.68. The number of aromatic amines is 1. The van der Waals surface area contributed by atoms with Crippen molar-refractivity contribution in [1.29, 1.82) is 0 Å². The van der Waals surface area contributed by atoms with Gasteiger partial charge in [0, 0.05) is 36.7 Å². The minimum absolute atomic E-state index is 0.0608. The van der Waals surface area contributed by atoms with Crippen LogP contribution < -0.4 is 15.0 Å². The van der Waals surface area contributed by atoms with Crippen molar-refractivity contribution < 1.29 is 22.6 Å². The van der Waals surface area contributed by atoms with Gasteiger partial charge in [-0.25, -0.2) is 8.42 Å². The van der Waals surface area contributed by atoms with Gasteiger partial charge >= 0.3 is 0 Å². The van der Waals surface area contributed by atoms with Crippen molar-refractivity contribution in [3.05, 3.63) is 62.9 Å². The van der Waals surface area contributed by atoms with Crippen LogP contribution in [0, 0.1) is 20.8 Å². The molecule has 5 rings (SSSR count). The van der Waals surface area contributed by atoms with Gasteiger partial charge in [0.05, 0.1) is 16.5 Å². The summed E-state index contributed by atoms with van der Waals surface area (Å²) >= 11 is 0. The van der Waals surface area contributed by atoms with E-state index in [-0.39, 0.29) is 29.6 Å². The fourth-order valence-electron chi connectivity index (χ4n) is 5.06. The van der Waals surface area contributed by atoms with E-state index in [0.29, 0.717) is 53.5 Å². The predicted octanol–water partition coefficient (Wildman–Crippen LogP) is 3.59. The zero-order chi connectivity index (χ0) is 24.7. The lowest BCUT2D eigenvalue weighted by molar-refractivity contribution is 0.0925. The van der Waals surface area contributed by atoms with E-state index >= 15 is 0 Å². The number of H-pyrrole nitrogens is 1. The van der Waals surface area contributed by atoms with Gasteiger partial charge in [0.25, 0.3) is 5.56 Å². The molecule has 0 amide bonds. The molecule has 1 unspecified atom stereocenters. The Hall–Kier alpha value is -2.88. The number of rotatable bonds is 6. The Bertz CT molecular complexity index is 1420. The van der Waals surface area contributed by atoms with Gasteiger partial charge in [-0.15, -0.1) is 0 Å². The highest BCUT2D eigenvalue weighted by Gasteiger charge is 2.32. The Labute approximate surface area is 204 Å². The molecule has 2 aliphatic rings. The third-order valence-electron chi connectivity index (χ3n) is 6.56. The van der Waals surface area contributed by atoms with E-state index in [9.17, 15) is 13.2 Å². The Balaban J connectivity index is 1.56. The predicted molar refractivity (Wildman–Crippen MR) is 133 cm³/mol. The number of hydrogen-bond donors (Lipinski definition) is 1. The zero-order valence-corrected chi connectivity index (χ0v) is 21.0. The number of benzene rings is 2. The summed E-state index contributed by atoms with van der Waals surface area (Å²) in [7, 11) is -3.89. The van der Waals surface area contributed by atoms with Gasteiger partial charge in [-0.3, -0.25) is 4.79 Å². The summed E-state index contributed by atoms with van der Waals surface area (Å²) < 4.78 is 46.4. The Morgan fingerprint density at radius 2 is 1.66 bits per heavy atom. The van der Waals surface area contributed by atoms with Crippen LogP contribution >= 0.6 is 0 Å². The molecule has 3 aromatic rings. The monoisotopic (exact) mass is 498 g/mol. The molecular weight excluding hydrogens is 468 g/mol. The second kappa shape index (κ2) is 9.29. The second-order valence-electron chi connectivity index (χ2n) is 9.37. The maximum Gasteiger partial charge on any atom is 0.252 e. The van der Waals surface area contributed by atoms with Crippen LogP contribution in [-0.2, 0) is 21.3 Å². The molecule has 0 spiro atoms. The lowest BCUT2D eigenvalue weighted by Crippen LogP contribution is -2.39. The van der Waals surface area contributed by atoms with Crippen LogP contribution in [0.2, 0.25) is 0 Å². The Morgan fingerprint density at radius 1 is 0.971 bits per heavy atom. The number of aromatic nitrogens is 1. The van der Waals surface area contributed by atoms with Crippen LogP contribution in [-0.4, -0.2) is 50.2 Å². The highest BCUT2D eigenvalue weighted by atomic mass is 32.2. The van der Waals surface area contributed by atoms with Crippen molar-refractivity contribution in [2.75, 3.05) is 26.4 Å². The molecule has 0 bridgehead atoms. The molecule has 1 aromatic heterocycles. The van der Waals surface area contributed by atoms with Crippen molar-refractivity contribution in [2.45, 2.75) is 51.2 Å². The first-order valence-electron chi connectivity index (χ1n) is 11.9. The minimum Gasteiger partial charge on any atom is -0.486 e. The van der Waals surface area contributed by atoms with Crippen LogP contribution in [0.1, 0.15) is 35.1 Å². The summed E-state index contributed by atoms with van der Waals surface area (Å²) in [6, 6.07) is 9.04. The molecule has 0 aliphatic carbocycles. The van der Waals surface area contributed by atoms with E-state index < -0.39 is 10.0 Å². The molecule has 3 heterocycles. The lowest BCUT2D eigenvalue weighted by Gasteiger charge is -2.26. The molecule has 1 fully saturated rings. The van der Waals surface area contributed by atoms with Crippen molar-refractivity contribution in [3.8, 4) is 11.5 Å². The highest BCUT2D eigenvalue weighted by molar-refractivity contribution is 7.89. The van der Waals surface area contributed by atoms with Gasteiger partial charge in [-0.05, 0) is 56.9 Å². The molecule has 186 valence electrons. The molecule has 2 aliphatic heterocycles. The van der Waals surface area contributed by atoms with Gasteiger partial charge in [0.1, 0.15) is 13.2 Å². The molecule has 1 saturated heterocycles. The number of sulfonamides is 1. The average molecular weight is 499 g/mol. The second-order valence-corrected chi connectivity index (χ2v) is 11.2. The largest absolute Gasteiger partial charge is 0.486 e. The maximum atomic E-state index is 14.0. The number of nitrogens with one attached hydrogen (secondary N) is 1. The number of aryl methyl sites for hydroxylation is 3. The fraction of sp³-hybridized carbons (Fsp3) is 0.423. The first-order chi connectivity index (χ1) is 16.7. The van der Waals surface area contributed by atoms with Gasteiger partial charge in [0.15, 0.2) is 11.5 Å². The molecule has 1 N–H and O–H groups in total. The fourth-order valence-corrected chi connectivity index (χ4v) is 6.92. The number of hydrogen-bond acceptors (Lipinski definition) is 6. The number of nitrogens with zero attached hydrogens (tertiary/aromatic N) is 1. The standard InChI is InChI=1S/C26H30N2O6S/c1-16-9-17(2)25(18(3)10-16)35(30,31)28(15-21-5-4-6-32-21)14-20-11-19-12-23-24(34-8-7-33-23)13-22(19)27-26(20)29/h9-13,21H,4-8,14-15H2,1-3H3,(H,27,29). The van der Waals surface area contributed by atoms with E-state index in [1.807, 2.05) is 39.0 Å². The first kappa shape index (κ1) is 23.8. The first-order valence-corrected chi connectivity index (χ1v) is 13.3. The molecule has 8 nitrogen and oxygen atoms in total. The topological polar surface area (TPSA) is 97.9 Å². The van der Waals surface area contributed by atoms with E-state index in [4.69, 9.17) is 14.2 Å². The van der Waals surface area contributed by atoms with Crippen LogP contribution in [0.25, 0.3) is 10.9 Å². The summed E-state index contributed by atoms with van der Waals surface area (Å²) in [5.41, 5.74) is 3.02. The van der Waals surface area contributed by atoms with Crippen molar-refractivity contribution >= 4 is 20.9 Å². The quantitative estimate of drug-likeness (QED) is 0.558. The summed E-state index contributed by atoms with van der Waals surface area (Å²) in [5, 5.41) is 0.751. The molecule has 0 saturated carbocycles. The summed E-state index contributed by atoms with van der Waals surface area (Å²) in [5.74, 6) is 1.19. The molecule has 35 heavy (non-hydrogen) atoms. The maximum absolute atomic E-state index is 14.0.